The minimum Gasteiger partial charge on any atom is -0.456 e. The zero-order chi connectivity index (χ0) is 29.7. The molecule has 1 aromatic heterocycles. The lowest BCUT2D eigenvalue weighted by Crippen LogP contribution is -1.90. The average molecular weight is 575 g/mol. The number of hydrogen-bond donors (Lipinski definition) is 0. The number of rotatable bonds is 4. The standard InChI is InChI=1S/C44H30O/c1-3-11-29(12-4-1)30-19-21-31(22-20-30)33-23-25-35-40-27-34(24-26-41(40)45-42(35)28-33)44-38-17-9-7-15-36(38)43(32-13-5-2-6-14-32)37-16-8-10-18-39(37)44/h2-3,5-28H,1,4H2. The van der Waals surface area contributed by atoms with Gasteiger partial charge in [-0.25, -0.2) is 0 Å². The maximum absolute atomic E-state index is 6.46. The Morgan fingerprint density at radius 2 is 0.978 bits per heavy atom. The van der Waals surface area contributed by atoms with Crippen molar-refractivity contribution in [1.29, 1.82) is 0 Å². The van der Waals surface area contributed by atoms with E-state index in [1.54, 1.807) is 0 Å². The van der Waals surface area contributed by atoms with E-state index in [-0.39, 0.29) is 0 Å². The fourth-order valence-corrected chi connectivity index (χ4v) is 7.15. The Balaban J connectivity index is 1.18. The summed E-state index contributed by atoms with van der Waals surface area (Å²) in [7, 11) is 0. The summed E-state index contributed by atoms with van der Waals surface area (Å²) in [6.07, 6.45) is 9.07. The van der Waals surface area contributed by atoms with E-state index in [0.717, 1.165) is 40.3 Å². The monoisotopic (exact) mass is 574 g/mol. The smallest absolute Gasteiger partial charge is 0.136 e. The van der Waals surface area contributed by atoms with Gasteiger partial charge in [-0.1, -0.05) is 133 Å². The zero-order valence-corrected chi connectivity index (χ0v) is 24.8. The van der Waals surface area contributed by atoms with Crippen LogP contribution in [0.25, 0.3) is 82.4 Å². The van der Waals surface area contributed by atoms with Crippen LogP contribution in [-0.2, 0) is 0 Å². The van der Waals surface area contributed by atoms with E-state index < -0.39 is 0 Å². The lowest BCUT2D eigenvalue weighted by molar-refractivity contribution is 0.669. The summed E-state index contributed by atoms with van der Waals surface area (Å²) >= 11 is 0. The zero-order valence-electron chi connectivity index (χ0n) is 24.8. The van der Waals surface area contributed by atoms with E-state index in [1.807, 2.05) is 0 Å². The van der Waals surface area contributed by atoms with E-state index in [1.165, 1.54) is 60.5 Å². The molecule has 1 heteroatoms. The second kappa shape index (κ2) is 10.5. The number of allylic oxidation sites excluding steroid dienone is 4. The Morgan fingerprint density at radius 3 is 1.64 bits per heavy atom. The molecule has 0 saturated carbocycles. The van der Waals surface area contributed by atoms with Gasteiger partial charge < -0.3 is 4.42 Å². The van der Waals surface area contributed by atoms with Crippen molar-refractivity contribution in [3.63, 3.8) is 0 Å². The molecule has 0 amide bonds. The van der Waals surface area contributed by atoms with Gasteiger partial charge in [0, 0.05) is 10.8 Å². The SMILES string of the molecule is C1=CC(c2ccc(-c3ccc4c(c3)oc3ccc(-c5c6ccccc6c(-c6ccccc6)c6ccccc56)cc34)cc2)=CCC1. The van der Waals surface area contributed by atoms with Crippen LogP contribution in [0.1, 0.15) is 18.4 Å². The highest BCUT2D eigenvalue weighted by Gasteiger charge is 2.18. The van der Waals surface area contributed by atoms with Gasteiger partial charge in [-0.05, 0) is 103 Å². The van der Waals surface area contributed by atoms with E-state index in [9.17, 15) is 0 Å². The molecule has 0 N–H and O–H groups in total. The molecule has 0 aliphatic heterocycles. The molecule has 0 saturated heterocycles. The van der Waals surface area contributed by atoms with Crippen molar-refractivity contribution >= 4 is 49.1 Å². The van der Waals surface area contributed by atoms with Crippen LogP contribution in [0.4, 0.5) is 0 Å². The number of furan rings is 1. The summed E-state index contributed by atoms with van der Waals surface area (Å²) in [5.74, 6) is 0. The van der Waals surface area contributed by atoms with Gasteiger partial charge in [0.1, 0.15) is 11.2 Å². The van der Waals surface area contributed by atoms with Crippen molar-refractivity contribution in [2.45, 2.75) is 12.8 Å². The molecule has 0 radical (unpaired) electrons. The molecule has 8 aromatic rings. The van der Waals surface area contributed by atoms with Gasteiger partial charge in [0.15, 0.2) is 0 Å². The van der Waals surface area contributed by atoms with Crippen molar-refractivity contribution < 1.29 is 4.42 Å². The Morgan fingerprint density at radius 1 is 0.378 bits per heavy atom. The number of hydrogen-bond acceptors (Lipinski definition) is 1. The molecule has 1 heterocycles. The van der Waals surface area contributed by atoms with E-state index in [0.29, 0.717) is 0 Å². The molecule has 1 aliphatic carbocycles. The van der Waals surface area contributed by atoms with Crippen molar-refractivity contribution in [1.82, 2.24) is 0 Å². The second-order valence-corrected chi connectivity index (χ2v) is 11.9. The summed E-state index contributed by atoms with van der Waals surface area (Å²) in [5, 5.41) is 7.32. The first-order valence-electron chi connectivity index (χ1n) is 15.7. The van der Waals surface area contributed by atoms with Crippen LogP contribution < -0.4 is 0 Å². The summed E-state index contributed by atoms with van der Waals surface area (Å²) in [6, 6.07) is 50.6. The lowest BCUT2D eigenvalue weighted by atomic mass is 9.86. The van der Waals surface area contributed by atoms with Gasteiger partial charge in [-0.2, -0.15) is 0 Å². The predicted octanol–water partition coefficient (Wildman–Crippen LogP) is 12.6. The summed E-state index contributed by atoms with van der Waals surface area (Å²) in [4.78, 5) is 0. The molecule has 7 aromatic carbocycles. The fraction of sp³-hybridized carbons (Fsp3) is 0.0455. The molecule has 1 nitrogen and oxygen atoms in total. The van der Waals surface area contributed by atoms with Crippen LogP contribution in [0, 0.1) is 0 Å². The van der Waals surface area contributed by atoms with Crippen LogP contribution in [0.5, 0.6) is 0 Å². The van der Waals surface area contributed by atoms with Crippen molar-refractivity contribution in [2.24, 2.45) is 0 Å². The van der Waals surface area contributed by atoms with Crippen molar-refractivity contribution in [2.75, 3.05) is 0 Å². The molecule has 0 fully saturated rings. The Kier molecular flexibility index (Phi) is 6.02. The van der Waals surface area contributed by atoms with Gasteiger partial charge >= 0.3 is 0 Å². The van der Waals surface area contributed by atoms with Crippen LogP contribution in [0.2, 0.25) is 0 Å². The predicted molar refractivity (Wildman–Crippen MR) is 191 cm³/mol. The summed E-state index contributed by atoms with van der Waals surface area (Å²) < 4.78 is 6.46. The minimum atomic E-state index is 0.909. The van der Waals surface area contributed by atoms with Gasteiger partial charge in [0.2, 0.25) is 0 Å². The van der Waals surface area contributed by atoms with Gasteiger partial charge in [0.05, 0.1) is 0 Å². The van der Waals surface area contributed by atoms with Gasteiger partial charge in [0.25, 0.3) is 0 Å². The van der Waals surface area contributed by atoms with E-state index in [4.69, 9.17) is 4.42 Å². The molecular formula is C44H30O. The van der Waals surface area contributed by atoms with Crippen LogP contribution in [-0.4, -0.2) is 0 Å². The summed E-state index contributed by atoms with van der Waals surface area (Å²) in [5.41, 5.74) is 11.7. The first-order valence-corrected chi connectivity index (χ1v) is 15.7. The molecule has 45 heavy (non-hydrogen) atoms. The van der Waals surface area contributed by atoms with Crippen LogP contribution >= 0.6 is 0 Å². The normalized spacial score (nSPS) is 13.2. The van der Waals surface area contributed by atoms with E-state index in [2.05, 4.69) is 158 Å². The Bertz CT molecular complexity index is 2400. The molecule has 0 bridgehead atoms. The second-order valence-electron chi connectivity index (χ2n) is 11.9. The van der Waals surface area contributed by atoms with Crippen LogP contribution in [0.3, 0.4) is 0 Å². The quantitative estimate of drug-likeness (QED) is 0.191. The molecule has 0 atom stereocenters. The Labute approximate surface area is 262 Å². The third-order valence-electron chi connectivity index (χ3n) is 9.30. The lowest BCUT2D eigenvalue weighted by Gasteiger charge is -2.17. The van der Waals surface area contributed by atoms with Crippen molar-refractivity contribution in [3.8, 4) is 33.4 Å². The molecule has 9 rings (SSSR count). The molecule has 0 spiro atoms. The van der Waals surface area contributed by atoms with Gasteiger partial charge in [-0.3, -0.25) is 0 Å². The first kappa shape index (κ1) is 25.8. The molecule has 1 aliphatic rings. The Hall–Kier alpha value is -5.66. The topological polar surface area (TPSA) is 13.1 Å². The highest BCUT2D eigenvalue weighted by molar-refractivity contribution is 6.22. The first-order chi connectivity index (χ1) is 22.3. The molecule has 0 unspecified atom stereocenters. The average Bonchev–Trinajstić information content (AvgIpc) is 3.48. The number of fused-ring (bicyclic) bond motifs is 5. The highest BCUT2D eigenvalue weighted by atomic mass is 16.3. The molecular weight excluding hydrogens is 544 g/mol. The van der Waals surface area contributed by atoms with E-state index >= 15 is 0 Å². The minimum absolute atomic E-state index is 0.909. The largest absolute Gasteiger partial charge is 0.456 e. The van der Waals surface area contributed by atoms with Crippen LogP contribution in [0.15, 0.2) is 162 Å². The third-order valence-corrected chi connectivity index (χ3v) is 9.30. The molecule has 212 valence electrons. The number of benzene rings is 7. The maximum atomic E-state index is 6.46. The van der Waals surface area contributed by atoms with Gasteiger partial charge in [-0.15, -0.1) is 0 Å². The van der Waals surface area contributed by atoms with Crippen molar-refractivity contribution in [3.05, 3.63) is 163 Å². The third kappa shape index (κ3) is 4.31. The fourth-order valence-electron chi connectivity index (χ4n) is 7.15. The maximum Gasteiger partial charge on any atom is 0.136 e. The summed E-state index contributed by atoms with van der Waals surface area (Å²) in [6.45, 7) is 0. The highest BCUT2D eigenvalue weighted by Crippen LogP contribution is 2.44.